The van der Waals surface area contributed by atoms with E-state index in [1.807, 2.05) is 41.5 Å². The normalized spacial score (nSPS) is 34.5. The number of nitrogens with two attached hydrogens (primary N) is 6. The van der Waals surface area contributed by atoms with Gasteiger partial charge in [-0.3, -0.25) is 53.5 Å². The topological polar surface area (TPSA) is 357 Å². The third-order valence-electron chi connectivity index (χ3n) is 16.7. The van der Waals surface area contributed by atoms with Crippen molar-refractivity contribution in [3.63, 3.8) is 0 Å². The van der Waals surface area contributed by atoms with Gasteiger partial charge in [-0.05, 0) is 57.9 Å². The van der Waals surface area contributed by atoms with Crippen molar-refractivity contribution in [3.8, 4) is 0 Å². The van der Waals surface area contributed by atoms with E-state index in [0.717, 1.165) is 5.71 Å². The van der Waals surface area contributed by atoms with Crippen molar-refractivity contribution >= 4 is 64.2 Å². The van der Waals surface area contributed by atoms with Crippen LogP contribution in [0, 0.1) is 51.2 Å². The zero-order chi connectivity index (χ0) is 50.4. The van der Waals surface area contributed by atoms with Crippen LogP contribution in [0.1, 0.15) is 139 Å². The second kappa shape index (κ2) is 19.3. The number of carbonyl (C=O) groups is 7. The second-order valence-corrected chi connectivity index (χ2v) is 21.6. The summed E-state index contributed by atoms with van der Waals surface area (Å²) in [4.78, 5) is 114. The number of hydrogen-bond acceptors (Lipinski definition) is 12. The van der Waals surface area contributed by atoms with Crippen molar-refractivity contribution in [1.29, 1.82) is 0 Å². The van der Waals surface area contributed by atoms with Gasteiger partial charge in [0.1, 0.15) is 0 Å². The first-order valence-corrected chi connectivity index (χ1v) is 23.6. The smallest absolute Gasteiger partial charge is 0.220 e. The summed E-state index contributed by atoms with van der Waals surface area (Å²) in [6.45, 7) is 17.2. The maximum Gasteiger partial charge on any atom is 0.220 e. The van der Waals surface area contributed by atoms with E-state index in [9.17, 15) is 38.7 Å². The number of aliphatic hydroxyl groups is 1. The molecule has 67 heavy (non-hydrogen) atoms. The number of nitrogens with zero attached hydrogens (tertiary/aromatic N) is 4. The number of amides is 7. The van der Waals surface area contributed by atoms with Crippen molar-refractivity contribution in [2.45, 2.75) is 163 Å². The van der Waals surface area contributed by atoms with Gasteiger partial charge in [0.2, 0.25) is 41.4 Å². The molecule has 12 unspecified atom stereocenters. The van der Waals surface area contributed by atoms with E-state index in [0.29, 0.717) is 34.8 Å². The highest BCUT2D eigenvalue weighted by Gasteiger charge is 2.67. The molecule has 5 aliphatic heterocycles. The number of hydrogen-bond donors (Lipinski definition) is 8. The minimum absolute atomic E-state index is 0.00604. The van der Waals surface area contributed by atoms with Crippen LogP contribution in [-0.2, 0) is 33.6 Å². The summed E-state index contributed by atoms with van der Waals surface area (Å²) >= 11 is 0. The molecule has 0 saturated carbocycles. The molecule has 0 radical (unpaired) electrons. The highest BCUT2D eigenvalue weighted by molar-refractivity contribution is 6.12. The maximum atomic E-state index is 13.5. The molecule has 14 N–H and O–H groups in total. The largest absolute Gasteiger partial charge is 0.392 e. The molecule has 0 fully saturated rings. The maximum absolute atomic E-state index is 13.5. The van der Waals surface area contributed by atoms with Gasteiger partial charge in [0.25, 0.3) is 0 Å². The lowest BCUT2D eigenvalue weighted by Gasteiger charge is -2.48. The van der Waals surface area contributed by atoms with Gasteiger partial charge in [-0.2, -0.15) is 0 Å². The van der Waals surface area contributed by atoms with E-state index in [2.05, 4.69) is 19.2 Å². The van der Waals surface area contributed by atoms with Crippen molar-refractivity contribution in [2.75, 3.05) is 6.54 Å². The molecule has 370 valence electrons. The Morgan fingerprint density at radius 3 is 1.84 bits per heavy atom. The quantitative estimate of drug-likeness (QED) is 0.0888. The predicted octanol–water partition coefficient (Wildman–Crippen LogP) is 1.82. The summed E-state index contributed by atoms with van der Waals surface area (Å²) in [6, 6.07) is -1.39. The highest BCUT2D eigenvalue weighted by atomic mass is 16.3. The van der Waals surface area contributed by atoms with Crippen LogP contribution < -0.4 is 39.7 Å². The first kappa shape index (κ1) is 52.6. The fourth-order valence-electron chi connectivity index (χ4n) is 12.9. The summed E-state index contributed by atoms with van der Waals surface area (Å²) in [6.07, 6.45) is -0.232. The second-order valence-electron chi connectivity index (χ2n) is 21.6. The third kappa shape index (κ3) is 9.98. The number of aliphatic hydroxyl groups excluding tert-OH is 1. The Balaban J connectivity index is 1.94. The van der Waals surface area contributed by atoms with Crippen LogP contribution in [0.5, 0.6) is 0 Å². The zero-order valence-electron chi connectivity index (χ0n) is 40.9. The van der Waals surface area contributed by atoms with Crippen molar-refractivity contribution in [2.24, 2.45) is 106 Å². The lowest BCUT2D eigenvalue weighted by atomic mass is 9.55. The van der Waals surface area contributed by atoms with Gasteiger partial charge in [0, 0.05) is 126 Å². The fraction of sp³-hybridized carbons (Fsp3) is 0.729. The zero-order valence-corrected chi connectivity index (χ0v) is 40.9. The molecule has 0 aromatic heterocycles. The monoisotopic (exact) mass is 934 g/mol. The Morgan fingerprint density at radius 2 is 1.30 bits per heavy atom. The minimum atomic E-state index is -1.37. The van der Waals surface area contributed by atoms with Crippen LogP contribution in [0.3, 0.4) is 0 Å². The van der Waals surface area contributed by atoms with E-state index in [4.69, 9.17) is 54.4 Å². The van der Waals surface area contributed by atoms with Crippen molar-refractivity contribution in [1.82, 2.24) is 5.32 Å². The predicted molar refractivity (Wildman–Crippen MR) is 255 cm³/mol. The Bertz CT molecular complexity index is 2230. The van der Waals surface area contributed by atoms with E-state index in [1.165, 1.54) is 0 Å². The number of fused-ring (bicyclic) bond motifs is 5. The molecule has 5 aliphatic rings. The molecular formula is C48H75N11O8. The van der Waals surface area contributed by atoms with Crippen LogP contribution in [0.4, 0.5) is 0 Å². The van der Waals surface area contributed by atoms with Gasteiger partial charge in [-0.25, -0.2) is 0 Å². The summed E-state index contributed by atoms with van der Waals surface area (Å²) in [5, 5.41) is 12.8. The van der Waals surface area contributed by atoms with Crippen LogP contribution in [0.15, 0.2) is 31.2 Å². The first-order chi connectivity index (χ1) is 30.9. The average molecular weight is 934 g/mol. The molecule has 8 bridgehead atoms. The van der Waals surface area contributed by atoms with E-state index in [-0.39, 0.29) is 89.0 Å². The molecular weight excluding hydrogens is 859 g/mol. The lowest BCUT2D eigenvalue weighted by Crippen LogP contribution is -2.56. The van der Waals surface area contributed by atoms with Gasteiger partial charge < -0.3 is 44.8 Å². The highest BCUT2D eigenvalue weighted by Crippen LogP contribution is 2.62. The summed E-state index contributed by atoms with van der Waals surface area (Å²) in [7, 11) is 0. The van der Waals surface area contributed by atoms with Crippen molar-refractivity contribution in [3.05, 3.63) is 11.3 Å². The Labute approximate surface area is 393 Å². The van der Waals surface area contributed by atoms with Crippen LogP contribution in [0.25, 0.3) is 0 Å². The summed E-state index contributed by atoms with van der Waals surface area (Å²) in [5.41, 5.74) is 34.1. The first-order valence-electron chi connectivity index (χ1n) is 23.6. The SMILES string of the molecule is CC1=C2N=C(CC3=NC(C(C)C4=NC(C(CC(N)=O)C4(C)CCC(=O)NCC(C)O)C4(C)N=C1C(CCC(N)=O)C4(C)CC(N)=O)C(CCC(N)=O)C3(C)C)C(CCC(N)=O)C2(C)CC(N)=O. The molecule has 0 aromatic rings. The lowest BCUT2D eigenvalue weighted by molar-refractivity contribution is -0.124. The van der Waals surface area contributed by atoms with Crippen molar-refractivity contribution < 1.29 is 38.7 Å². The molecule has 19 heteroatoms. The Hall–Kier alpha value is -5.33. The number of nitrogens with one attached hydrogen (secondary N) is 1. The van der Waals surface area contributed by atoms with Gasteiger partial charge >= 0.3 is 0 Å². The van der Waals surface area contributed by atoms with Crippen LogP contribution in [-0.4, -0.2) is 99.6 Å². The Kier molecular flexibility index (Phi) is 15.2. The van der Waals surface area contributed by atoms with Gasteiger partial charge in [-0.15, -0.1) is 0 Å². The van der Waals surface area contributed by atoms with E-state index >= 15 is 0 Å². The number of primary amides is 6. The van der Waals surface area contributed by atoms with Crippen LogP contribution >= 0.6 is 0 Å². The Morgan fingerprint density at radius 1 is 0.731 bits per heavy atom. The van der Waals surface area contributed by atoms with E-state index < -0.39 is 105 Å². The number of allylic oxidation sites excluding steroid dienone is 2. The third-order valence-corrected chi connectivity index (χ3v) is 16.7. The van der Waals surface area contributed by atoms with E-state index in [1.54, 1.807) is 6.92 Å². The van der Waals surface area contributed by atoms with Gasteiger partial charge in [0.05, 0.1) is 29.4 Å². The molecule has 0 aromatic carbocycles. The number of rotatable bonds is 20. The molecule has 5 heterocycles. The summed E-state index contributed by atoms with van der Waals surface area (Å²) < 4.78 is 0. The summed E-state index contributed by atoms with van der Waals surface area (Å²) in [5.74, 6) is -6.47. The number of carbonyl (C=O) groups excluding carboxylic acids is 7. The molecule has 7 amide bonds. The molecule has 19 nitrogen and oxygen atoms in total. The standard InChI is InChI=1S/C48H75N11O8/c1-23(60)22-55-38(67)16-17-45(6)29(18-35(52)64)43-48(9)47(8,21-37(54)66)28(12-15-34(51)63)40(59-48)25(3)42-46(7,20-36(53)65)26(10-13-32(49)61)30(56-42)19-31-44(4,5)27(11-14-33(50)62)39(57-31)24(2)41(45)58-43/h23-24,26-29,39,43,60H,10-22H2,1-9H3,(H2,49,61)(H2,50,62)(H2,51,63)(H2,52,64)(H2,53,65)(H2,54,66)(H,55,67). The molecule has 0 saturated heterocycles. The minimum Gasteiger partial charge on any atom is -0.392 e. The number of aliphatic imine (C=N–C) groups is 4. The van der Waals surface area contributed by atoms with Crippen LogP contribution in [0.2, 0.25) is 0 Å². The van der Waals surface area contributed by atoms with Gasteiger partial charge in [-0.1, -0.05) is 41.5 Å². The molecule has 0 aliphatic carbocycles. The molecule has 12 atom stereocenters. The fourth-order valence-corrected chi connectivity index (χ4v) is 12.9. The van der Waals surface area contributed by atoms with Gasteiger partial charge in [0.15, 0.2) is 0 Å². The average Bonchev–Trinajstić information content (AvgIpc) is 3.80. The molecule has 0 spiro atoms. The molecule has 5 rings (SSSR count).